The molecule has 6 heteroatoms. The first-order valence-electron chi connectivity index (χ1n) is 7.07. The second-order valence-corrected chi connectivity index (χ2v) is 6.09. The van der Waals surface area contributed by atoms with Gasteiger partial charge in [0, 0.05) is 23.4 Å². The summed E-state index contributed by atoms with van der Waals surface area (Å²) in [5.74, 6) is 0. The zero-order valence-electron chi connectivity index (χ0n) is 12.0. The molecule has 0 saturated carbocycles. The fraction of sp³-hybridized carbons (Fsp3) is 0.400. The maximum absolute atomic E-state index is 10.7. The second kappa shape index (κ2) is 7.17. The van der Waals surface area contributed by atoms with Crippen molar-refractivity contribution in [2.24, 2.45) is 0 Å². The third-order valence-corrected chi connectivity index (χ3v) is 4.25. The fourth-order valence-electron chi connectivity index (χ4n) is 2.20. The number of aromatic nitrogens is 1. The quantitative estimate of drug-likeness (QED) is 0.477. The molecule has 0 radical (unpaired) electrons. The number of thiazole rings is 1. The molecule has 0 spiro atoms. The normalized spacial score (nSPS) is 10.7. The summed E-state index contributed by atoms with van der Waals surface area (Å²) < 4.78 is 0. The van der Waals surface area contributed by atoms with E-state index in [4.69, 9.17) is 5.73 Å². The van der Waals surface area contributed by atoms with Gasteiger partial charge in [-0.3, -0.25) is 10.1 Å². The van der Waals surface area contributed by atoms with Crippen LogP contribution in [0.3, 0.4) is 0 Å². The van der Waals surface area contributed by atoms with Crippen LogP contribution in [-0.4, -0.2) is 9.91 Å². The van der Waals surface area contributed by atoms with E-state index in [2.05, 4.69) is 11.9 Å². The molecular weight excluding hydrogens is 286 g/mol. The van der Waals surface area contributed by atoms with Crippen molar-refractivity contribution in [2.45, 2.75) is 39.0 Å². The number of hydrogen-bond acceptors (Lipinski definition) is 5. The molecule has 2 N–H and O–H groups in total. The highest BCUT2D eigenvalue weighted by Crippen LogP contribution is 2.25. The van der Waals surface area contributed by atoms with Crippen LogP contribution in [0.1, 0.15) is 42.3 Å². The van der Waals surface area contributed by atoms with Crippen LogP contribution in [0.15, 0.2) is 24.3 Å². The average molecular weight is 305 g/mol. The molecule has 0 bridgehead atoms. The molecule has 0 unspecified atom stereocenters. The smallest absolute Gasteiger partial charge is 0.269 e. The molecule has 1 aromatic carbocycles. The highest BCUT2D eigenvalue weighted by molar-refractivity contribution is 7.15. The van der Waals surface area contributed by atoms with Crippen LogP contribution in [0.25, 0.3) is 0 Å². The van der Waals surface area contributed by atoms with Crippen molar-refractivity contribution in [2.75, 3.05) is 5.73 Å². The van der Waals surface area contributed by atoms with E-state index in [1.165, 1.54) is 36.3 Å². The van der Waals surface area contributed by atoms with Crippen LogP contribution in [0.2, 0.25) is 0 Å². The predicted octanol–water partition coefficient (Wildman–Crippen LogP) is 3.96. The van der Waals surface area contributed by atoms with Gasteiger partial charge in [-0.05, 0) is 18.4 Å². The minimum atomic E-state index is -0.384. The summed E-state index contributed by atoms with van der Waals surface area (Å²) in [6.07, 6.45) is 5.16. The number of anilines is 1. The number of benzene rings is 1. The summed E-state index contributed by atoms with van der Waals surface area (Å²) in [7, 11) is 0. The first-order chi connectivity index (χ1) is 10.1. The lowest BCUT2D eigenvalue weighted by molar-refractivity contribution is -0.384. The molecule has 0 aliphatic rings. The number of non-ortho nitro benzene ring substituents is 1. The predicted molar refractivity (Wildman–Crippen MR) is 85.7 cm³/mol. The molecule has 0 aliphatic heterocycles. The third-order valence-electron chi connectivity index (χ3n) is 3.32. The third kappa shape index (κ3) is 4.26. The van der Waals surface area contributed by atoms with Gasteiger partial charge >= 0.3 is 0 Å². The van der Waals surface area contributed by atoms with Crippen LogP contribution in [0.4, 0.5) is 10.8 Å². The molecule has 0 fully saturated rings. The first-order valence-corrected chi connectivity index (χ1v) is 7.89. The lowest BCUT2D eigenvalue weighted by atomic mass is 10.1. The Morgan fingerprint density at radius 2 is 2.00 bits per heavy atom. The Morgan fingerprint density at radius 1 is 1.29 bits per heavy atom. The zero-order valence-corrected chi connectivity index (χ0v) is 12.9. The van der Waals surface area contributed by atoms with Gasteiger partial charge in [0.15, 0.2) is 5.13 Å². The van der Waals surface area contributed by atoms with Gasteiger partial charge < -0.3 is 5.73 Å². The molecule has 1 aromatic heterocycles. The molecule has 0 saturated heterocycles. The molecule has 2 rings (SSSR count). The van der Waals surface area contributed by atoms with E-state index in [1.807, 2.05) is 0 Å². The van der Waals surface area contributed by atoms with E-state index in [0.717, 1.165) is 35.4 Å². The number of nitrogen functional groups attached to an aromatic ring is 1. The molecule has 0 atom stereocenters. The topological polar surface area (TPSA) is 82.0 Å². The van der Waals surface area contributed by atoms with Crippen LogP contribution in [-0.2, 0) is 12.8 Å². The minimum Gasteiger partial charge on any atom is -0.375 e. The average Bonchev–Trinajstić information content (AvgIpc) is 2.80. The number of aryl methyl sites for hydroxylation is 1. The number of nitro groups is 1. The van der Waals surface area contributed by atoms with Crippen molar-refractivity contribution < 1.29 is 4.92 Å². The Balaban J connectivity index is 2.09. The van der Waals surface area contributed by atoms with Gasteiger partial charge in [-0.2, -0.15) is 0 Å². The lowest BCUT2D eigenvalue weighted by Gasteiger charge is -2.02. The van der Waals surface area contributed by atoms with E-state index in [9.17, 15) is 10.1 Å². The van der Waals surface area contributed by atoms with Crippen molar-refractivity contribution in [3.8, 4) is 0 Å². The van der Waals surface area contributed by atoms with Crippen LogP contribution < -0.4 is 5.73 Å². The molecule has 2 aromatic rings. The largest absolute Gasteiger partial charge is 0.375 e. The van der Waals surface area contributed by atoms with E-state index in [0.29, 0.717) is 5.13 Å². The minimum absolute atomic E-state index is 0.116. The van der Waals surface area contributed by atoms with E-state index in [1.54, 1.807) is 12.1 Å². The van der Waals surface area contributed by atoms with E-state index in [-0.39, 0.29) is 10.6 Å². The number of rotatable bonds is 7. The summed E-state index contributed by atoms with van der Waals surface area (Å²) in [4.78, 5) is 15.8. The molecule has 5 nitrogen and oxygen atoms in total. The Kier molecular flexibility index (Phi) is 5.27. The van der Waals surface area contributed by atoms with Crippen molar-refractivity contribution in [3.05, 3.63) is 50.5 Å². The summed E-state index contributed by atoms with van der Waals surface area (Å²) >= 11 is 1.51. The number of nitrogens with two attached hydrogens (primary N) is 1. The van der Waals surface area contributed by atoms with Gasteiger partial charge in [0.1, 0.15) is 0 Å². The Hall–Kier alpha value is -1.95. The van der Waals surface area contributed by atoms with Gasteiger partial charge in [0.25, 0.3) is 5.69 Å². The van der Waals surface area contributed by atoms with Gasteiger partial charge in [-0.1, -0.05) is 31.9 Å². The van der Waals surface area contributed by atoms with E-state index < -0.39 is 0 Å². The molecule has 21 heavy (non-hydrogen) atoms. The van der Waals surface area contributed by atoms with Crippen molar-refractivity contribution in [1.29, 1.82) is 0 Å². The van der Waals surface area contributed by atoms with Gasteiger partial charge in [-0.25, -0.2) is 4.98 Å². The first kappa shape index (κ1) is 15.4. The lowest BCUT2D eigenvalue weighted by Crippen LogP contribution is -1.94. The van der Waals surface area contributed by atoms with Crippen molar-refractivity contribution in [1.82, 2.24) is 4.98 Å². The number of nitrogens with zero attached hydrogens (tertiary/aromatic N) is 2. The highest BCUT2D eigenvalue weighted by Gasteiger charge is 2.11. The fourth-order valence-corrected chi connectivity index (χ4v) is 3.11. The van der Waals surface area contributed by atoms with Gasteiger partial charge in [0.2, 0.25) is 0 Å². The van der Waals surface area contributed by atoms with Crippen LogP contribution in [0.5, 0.6) is 0 Å². The van der Waals surface area contributed by atoms with Crippen LogP contribution in [0, 0.1) is 10.1 Å². The molecule has 1 heterocycles. The Bertz CT molecular complexity index is 608. The van der Waals surface area contributed by atoms with Gasteiger partial charge in [0.05, 0.1) is 10.6 Å². The summed E-state index contributed by atoms with van der Waals surface area (Å²) in [5.41, 5.74) is 8.05. The summed E-state index contributed by atoms with van der Waals surface area (Å²) in [6.45, 7) is 2.17. The monoisotopic (exact) mass is 305 g/mol. The Labute approximate surface area is 128 Å². The van der Waals surface area contributed by atoms with Gasteiger partial charge in [-0.15, -0.1) is 11.3 Å². The second-order valence-electron chi connectivity index (χ2n) is 4.98. The Morgan fingerprint density at radius 3 is 2.62 bits per heavy atom. The standard InChI is InChI=1S/C15H19N3O2S/c1-2-3-4-5-13-14(21-15(16)17-13)10-11-6-8-12(9-7-11)18(19)20/h6-9H,2-5,10H2,1H3,(H2,16,17). The van der Waals surface area contributed by atoms with E-state index >= 15 is 0 Å². The molecule has 0 amide bonds. The maximum atomic E-state index is 10.7. The molecule has 0 aliphatic carbocycles. The highest BCUT2D eigenvalue weighted by atomic mass is 32.1. The van der Waals surface area contributed by atoms with Crippen LogP contribution >= 0.6 is 11.3 Å². The molecule has 112 valence electrons. The van der Waals surface area contributed by atoms with Crippen molar-refractivity contribution >= 4 is 22.2 Å². The summed E-state index contributed by atoms with van der Waals surface area (Å²) in [5, 5.41) is 11.3. The summed E-state index contributed by atoms with van der Waals surface area (Å²) in [6, 6.07) is 6.67. The maximum Gasteiger partial charge on any atom is 0.269 e. The number of unbranched alkanes of at least 4 members (excludes halogenated alkanes) is 2. The zero-order chi connectivity index (χ0) is 15.2. The number of nitro benzene ring substituents is 1. The SMILES string of the molecule is CCCCCc1nc(N)sc1Cc1ccc([N+](=O)[O-])cc1. The van der Waals surface area contributed by atoms with Crippen molar-refractivity contribution in [3.63, 3.8) is 0 Å². The number of hydrogen-bond donors (Lipinski definition) is 1. The molecular formula is C15H19N3O2S.